The molecule has 1 fully saturated rings. The van der Waals surface area contributed by atoms with Crippen LogP contribution >= 0.6 is 0 Å². The molecule has 1 aliphatic heterocycles. The van der Waals surface area contributed by atoms with Crippen molar-refractivity contribution in [3.8, 4) is 0 Å². The smallest absolute Gasteiger partial charge is 0.129 e. The van der Waals surface area contributed by atoms with Crippen LogP contribution in [0.1, 0.15) is 25.5 Å². The second kappa shape index (κ2) is 7.05. The molecule has 19 heavy (non-hydrogen) atoms. The predicted molar refractivity (Wildman–Crippen MR) is 70.8 cm³/mol. The van der Waals surface area contributed by atoms with E-state index in [0.29, 0.717) is 19.8 Å². The predicted octanol–water partition coefficient (Wildman–Crippen LogP) is 1.32. The van der Waals surface area contributed by atoms with Crippen molar-refractivity contribution < 1.29 is 19.0 Å². The van der Waals surface area contributed by atoms with Crippen molar-refractivity contribution in [1.82, 2.24) is 5.32 Å². The Morgan fingerprint density at radius 1 is 1.47 bits per heavy atom. The van der Waals surface area contributed by atoms with Crippen LogP contribution in [0.2, 0.25) is 0 Å². The molecule has 5 heteroatoms. The van der Waals surface area contributed by atoms with E-state index >= 15 is 0 Å². The largest absolute Gasteiger partial charge is 0.467 e. The Morgan fingerprint density at radius 2 is 2.26 bits per heavy atom. The SMILES string of the molecule is CC1(NCC(O)COCc2ccco2)CCOCC1. The summed E-state index contributed by atoms with van der Waals surface area (Å²) in [6, 6.07) is 3.68. The van der Waals surface area contributed by atoms with Gasteiger partial charge in [0.2, 0.25) is 0 Å². The van der Waals surface area contributed by atoms with E-state index in [4.69, 9.17) is 13.9 Å². The molecule has 2 N–H and O–H groups in total. The van der Waals surface area contributed by atoms with Crippen LogP contribution in [-0.4, -0.2) is 43.1 Å². The molecule has 108 valence electrons. The van der Waals surface area contributed by atoms with Gasteiger partial charge in [-0.3, -0.25) is 0 Å². The Bertz CT molecular complexity index is 346. The summed E-state index contributed by atoms with van der Waals surface area (Å²) in [6.45, 7) is 4.99. The van der Waals surface area contributed by atoms with E-state index in [9.17, 15) is 5.11 Å². The fourth-order valence-corrected chi connectivity index (χ4v) is 2.11. The Labute approximate surface area is 113 Å². The number of ether oxygens (including phenoxy) is 2. The molecule has 1 saturated heterocycles. The summed E-state index contributed by atoms with van der Waals surface area (Å²) in [5, 5.41) is 13.3. The van der Waals surface area contributed by atoms with Gasteiger partial charge in [0.05, 0.1) is 19.0 Å². The highest BCUT2D eigenvalue weighted by Crippen LogP contribution is 2.19. The molecule has 1 aromatic heterocycles. The zero-order chi connectivity index (χ0) is 13.6. The molecule has 1 aliphatic rings. The molecular weight excluding hydrogens is 246 g/mol. The molecule has 0 saturated carbocycles. The topological polar surface area (TPSA) is 63.9 Å². The van der Waals surface area contributed by atoms with E-state index in [0.717, 1.165) is 31.8 Å². The highest BCUT2D eigenvalue weighted by molar-refractivity contribution is 4.96. The third-order valence-electron chi connectivity index (χ3n) is 3.50. The highest BCUT2D eigenvalue weighted by atomic mass is 16.5. The zero-order valence-electron chi connectivity index (χ0n) is 11.4. The summed E-state index contributed by atoms with van der Waals surface area (Å²) in [4.78, 5) is 0. The first kappa shape index (κ1) is 14.5. The van der Waals surface area contributed by atoms with Gasteiger partial charge < -0.3 is 24.3 Å². The monoisotopic (exact) mass is 269 g/mol. The zero-order valence-corrected chi connectivity index (χ0v) is 11.4. The third kappa shape index (κ3) is 4.95. The highest BCUT2D eigenvalue weighted by Gasteiger charge is 2.27. The van der Waals surface area contributed by atoms with E-state index in [-0.39, 0.29) is 5.54 Å². The van der Waals surface area contributed by atoms with E-state index < -0.39 is 6.10 Å². The average molecular weight is 269 g/mol. The molecular formula is C14H23NO4. The van der Waals surface area contributed by atoms with Crippen LogP contribution in [0.3, 0.4) is 0 Å². The van der Waals surface area contributed by atoms with Gasteiger partial charge >= 0.3 is 0 Å². The van der Waals surface area contributed by atoms with E-state index in [1.54, 1.807) is 6.26 Å². The van der Waals surface area contributed by atoms with E-state index in [2.05, 4.69) is 12.2 Å². The number of hydrogen-bond acceptors (Lipinski definition) is 5. The van der Waals surface area contributed by atoms with Gasteiger partial charge in [0.25, 0.3) is 0 Å². The molecule has 1 aromatic rings. The summed E-state index contributed by atoms with van der Waals surface area (Å²) in [5.41, 5.74) is 0.0697. The molecule has 0 spiro atoms. The number of nitrogens with one attached hydrogen (secondary N) is 1. The maximum Gasteiger partial charge on any atom is 0.129 e. The molecule has 0 aliphatic carbocycles. The Hall–Kier alpha value is -0.880. The quantitative estimate of drug-likeness (QED) is 0.781. The fourth-order valence-electron chi connectivity index (χ4n) is 2.11. The maximum absolute atomic E-state index is 9.87. The molecule has 1 atom stereocenters. The molecule has 0 bridgehead atoms. The van der Waals surface area contributed by atoms with Crippen LogP contribution in [0.4, 0.5) is 0 Å². The summed E-state index contributed by atoms with van der Waals surface area (Å²) in [7, 11) is 0. The number of β-amino-alcohol motifs (C(OH)–C–C–N with tert-alkyl or cyclic N) is 1. The summed E-state index contributed by atoms with van der Waals surface area (Å²) < 4.78 is 15.9. The van der Waals surface area contributed by atoms with Gasteiger partial charge in [0.1, 0.15) is 12.4 Å². The number of aliphatic hydroxyl groups is 1. The van der Waals surface area contributed by atoms with Crippen LogP contribution in [0.5, 0.6) is 0 Å². The lowest BCUT2D eigenvalue weighted by Gasteiger charge is -2.35. The number of hydrogen-bond donors (Lipinski definition) is 2. The Kier molecular flexibility index (Phi) is 5.39. The average Bonchev–Trinajstić information content (AvgIpc) is 2.91. The van der Waals surface area contributed by atoms with Gasteiger partial charge in [0, 0.05) is 25.3 Å². The number of furan rings is 1. The van der Waals surface area contributed by atoms with Crippen molar-refractivity contribution in [1.29, 1.82) is 0 Å². The first-order valence-electron chi connectivity index (χ1n) is 6.79. The van der Waals surface area contributed by atoms with Crippen molar-refractivity contribution in [2.45, 2.75) is 38.0 Å². The molecule has 2 rings (SSSR count). The van der Waals surface area contributed by atoms with Crippen LogP contribution in [0.15, 0.2) is 22.8 Å². The molecule has 2 heterocycles. The minimum absolute atomic E-state index is 0.0697. The maximum atomic E-state index is 9.87. The van der Waals surface area contributed by atoms with Crippen molar-refractivity contribution in [3.05, 3.63) is 24.2 Å². The van der Waals surface area contributed by atoms with Gasteiger partial charge in [-0.1, -0.05) is 0 Å². The molecule has 5 nitrogen and oxygen atoms in total. The van der Waals surface area contributed by atoms with E-state index in [1.807, 2.05) is 12.1 Å². The Morgan fingerprint density at radius 3 is 2.95 bits per heavy atom. The fraction of sp³-hybridized carbons (Fsp3) is 0.714. The first-order chi connectivity index (χ1) is 9.18. The molecule has 1 unspecified atom stereocenters. The van der Waals surface area contributed by atoms with E-state index in [1.165, 1.54) is 0 Å². The van der Waals surface area contributed by atoms with Crippen LogP contribution in [0, 0.1) is 0 Å². The van der Waals surface area contributed by atoms with Gasteiger partial charge in [-0.05, 0) is 31.9 Å². The number of aliphatic hydroxyl groups excluding tert-OH is 1. The first-order valence-corrected chi connectivity index (χ1v) is 6.79. The summed E-state index contributed by atoms with van der Waals surface area (Å²) >= 11 is 0. The van der Waals surface area contributed by atoms with Crippen LogP contribution in [-0.2, 0) is 16.1 Å². The lowest BCUT2D eigenvalue weighted by Crippen LogP contribution is -2.49. The Balaban J connectivity index is 1.60. The second-order valence-electron chi connectivity index (χ2n) is 5.30. The minimum Gasteiger partial charge on any atom is -0.467 e. The van der Waals surface area contributed by atoms with Crippen molar-refractivity contribution in [3.63, 3.8) is 0 Å². The minimum atomic E-state index is -0.505. The lowest BCUT2D eigenvalue weighted by atomic mass is 9.92. The molecule has 0 amide bonds. The normalized spacial score (nSPS) is 20.3. The lowest BCUT2D eigenvalue weighted by molar-refractivity contribution is 0.00800. The van der Waals surface area contributed by atoms with Gasteiger partial charge in [-0.15, -0.1) is 0 Å². The van der Waals surface area contributed by atoms with Crippen molar-refractivity contribution in [2.75, 3.05) is 26.4 Å². The second-order valence-corrected chi connectivity index (χ2v) is 5.30. The van der Waals surface area contributed by atoms with Gasteiger partial charge in [-0.2, -0.15) is 0 Å². The molecule has 0 aromatic carbocycles. The summed E-state index contributed by atoms with van der Waals surface area (Å²) in [6.07, 6.45) is 3.07. The van der Waals surface area contributed by atoms with Crippen molar-refractivity contribution in [2.24, 2.45) is 0 Å². The van der Waals surface area contributed by atoms with Gasteiger partial charge in [0.15, 0.2) is 0 Å². The summed E-state index contributed by atoms with van der Waals surface area (Å²) in [5.74, 6) is 0.775. The van der Waals surface area contributed by atoms with Gasteiger partial charge in [-0.25, -0.2) is 0 Å². The van der Waals surface area contributed by atoms with Crippen LogP contribution in [0.25, 0.3) is 0 Å². The third-order valence-corrected chi connectivity index (χ3v) is 3.50. The van der Waals surface area contributed by atoms with Crippen molar-refractivity contribution >= 4 is 0 Å². The number of rotatable bonds is 7. The molecule has 0 radical (unpaired) electrons. The standard InChI is InChI=1S/C14H23NO4/c1-14(4-7-17-8-5-14)15-9-12(16)10-18-11-13-3-2-6-19-13/h2-3,6,12,15-16H,4-5,7-11H2,1H3. The van der Waals surface area contributed by atoms with Crippen LogP contribution < -0.4 is 5.32 Å².